The minimum absolute atomic E-state index is 0.0350. The lowest BCUT2D eigenvalue weighted by molar-refractivity contribution is 0.243. The van der Waals surface area contributed by atoms with Crippen molar-refractivity contribution in [1.82, 2.24) is 15.2 Å². The highest BCUT2D eigenvalue weighted by atomic mass is 16.5. The zero-order valence-electron chi connectivity index (χ0n) is 16.8. The summed E-state index contributed by atoms with van der Waals surface area (Å²) >= 11 is 0. The molecule has 0 radical (unpaired) electrons. The molecule has 150 valence electrons. The molecule has 3 rings (SSSR count). The van der Waals surface area contributed by atoms with Crippen LogP contribution in [0.5, 0.6) is 5.75 Å². The number of hydrogen-bond acceptors (Lipinski definition) is 5. The van der Waals surface area contributed by atoms with E-state index in [4.69, 9.17) is 4.74 Å². The molecule has 1 saturated heterocycles. The van der Waals surface area contributed by atoms with E-state index < -0.39 is 0 Å². The standard InChI is InChI=1S/C21H29N5O2/c1-25(2)19(16-8-6-9-17(14-16)28-3)15-23-21(27)24-18-10-7-11-22-20(18)26-12-4-5-13-26/h6-11,14,19H,4-5,12-13,15H2,1-3H3,(H2,23,24,27). The summed E-state index contributed by atoms with van der Waals surface area (Å²) in [6, 6.07) is 11.5. The number of likely N-dealkylation sites (N-methyl/N-ethyl adjacent to an activating group) is 1. The van der Waals surface area contributed by atoms with Gasteiger partial charge in [-0.15, -0.1) is 0 Å². The Morgan fingerprint density at radius 3 is 2.75 bits per heavy atom. The van der Waals surface area contributed by atoms with Crippen molar-refractivity contribution in [1.29, 1.82) is 0 Å². The first kappa shape index (κ1) is 19.9. The Bertz CT molecular complexity index is 790. The van der Waals surface area contributed by atoms with Crippen LogP contribution in [0.4, 0.5) is 16.3 Å². The van der Waals surface area contributed by atoms with Gasteiger partial charge in [0.25, 0.3) is 0 Å². The van der Waals surface area contributed by atoms with Crippen LogP contribution in [0.2, 0.25) is 0 Å². The van der Waals surface area contributed by atoms with Gasteiger partial charge in [0.2, 0.25) is 0 Å². The number of aromatic nitrogens is 1. The van der Waals surface area contributed by atoms with Crippen molar-refractivity contribution in [2.75, 3.05) is 51.1 Å². The highest BCUT2D eigenvalue weighted by molar-refractivity contribution is 5.92. The van der Waals surface area contributed by atoms with Crippen molar-refractivity contribution in [3.63, 3.8) is 0 Å². The number of nitrogens with one attached hydrogen (secondary N) is 2. The molecule has 2 heterocycles. The highest BCUT2D eigenvalue weighted by Gasteiger charge is 2.19. The van der Waals surface area contributed by atoms with Crippen molar-refractivity contribution >= 4 is 17.5 Å². The number of amides is 2. The molecular weight excluding hydrogens is 354 g/mol. The second-order valence-corrected chi connectivity index (χ2v) is 7.16. The number of benzene rings is 1. The molecule has 7 heteroatoms. The van der Waals surface area contributed by atoms with Gasteiger partial charge < -0.3 is 25.2 Å². The lowest BCUT2D eigenvalue weighted by atomic mass is 10.1. The van der Waals surface area contributed by atoms with Crippen LogP contribution in [0.1, 0.15) is 24.4 Å². The largest absolute Gasteiger partial charge is 0.497 e. The maximum Gasteiger partial charge on any atom is 0.319 e. The van der Waals surface area contributed by atoms with E-state index in [-0.39, 0.29) is 12.1 Å². The van der Waals surface area contributed by atoms with Crippen LogP contribution in [0, 0.1) is 0 Å². The summed E-state index contributed by atoms with van der Waals surface area (Å²) in [7, 11) is 5.65. The summed E-state index contributed by atoms with van der Waals surface area (Å²) in [4.78, 5) is 21.3. The van der Waals surface area contributed by atoms with Crippen LogP contribution >= 0.6 is 0 Å². The number of pyridine rings is 1. The van der Waals surface area contributed by atoms with Gasteiger partial charge in [0.1, 0.15) is 5.75 Å². The minimum atomic E-state index is -0.233. The van der Waals surface area contributed by atoms with Crippen molar-refractivity contribution in [2.45, 2.75) is 18.9 Å². The van der Waals surface area contributed by atoms with Gasteiger partial charge in [-0.3, -0.25) is 0 Å². The second-order valence-electron chi connectivity index (χ2n) is 7.16. The van der Waals surface area contributed by atoms with Crippen molar-refractivity contribution in [3.05, 3.63) is 48.2 Å². The minimum Gasteiger partial charge on any atom is -0.497 e. The van der Waals surface area contributed by atoms with Crippen LogP contribution in [0.25, 0.3) is 0 Å². The molecule has 0 spiro atoms. The number of carbonyl (C=O) groups excluding carboxylic acids is 1. The number of rotatable bonds is 7. The molecule has 1 aliphatic rings. The Hall–Kier alpha value is -2.80. The number of hydrogen-bond donors (Lipinski definition) is 2. The van der Waals surface area contributed by atoms with Gasteiger partial charge in [-0.2, -0.15) is 0 Å². The van der Waals surface area contributed by atoms with E-state index in [0.717, 1.165) is 48.7 Å². The van der Waals surface area contributed by atoms with E-state index >= 15 is 0 Å². The molecule has 2 aromatic rings. The molecule has 28 heavy (non-hydrogen) atoms. The third-order valence-electron chi connectivity index (χ3n) is 5.00. The van der Waals surface area contributed by atoms with E-state index in [1.54, 1.807) is 13.3 Å². The summed E-state index contributed by atoms with van der Waals surface area (Å²) in [5.41, 5.74) is 1.83. The number of urea groups is 1. The number of methoxy groups -OCH3 is 1. The van der Waals surface area contributed by atoms with Crippen LogP contribution in [-0.2, 0) is 0 Å². The average molecular weight is 383 g/mol. The predicted octanol–water partition coefficient (Wildman–Crippen LogP) is 3.11. The highest BCUT2D eigenvalue weighted by Crippen LogP contribution is 2.26. The summed E-state index contributed by atoms with van der Waals surface area (Å²) in [6.45, 7) is 2.43. The fourth-order valence-corrected chi connectivity index (χ4v) is 3.48. The number of carbonyl (C=O) groups is 1. The van der Waals surface area contributed by atoms with Gasteiger partial charge in [0.15, 0.2) is 5.82 Å². The molecule has 0 saturated carbocycles. The smallest absolute Gasteiger partial charge is 0.319 e. The first-order valence-electron chi connectivity index (χ1n) is 9.63. The Morgan fingerprint density at radius 2 is 2.04 bits per heavy atom. The quantitative estimate of drug-likeness (QED) is 0.769. The molecule has 7 nitrogen and oxygen atoms in total. The number of nitrogens with zero attached hydrogens (tertiary/aromatic N) is 3. The topological polar surface area (TPSA) is 69.7 Å². The van der Waals surface area contributed by atoms with Crippen LogP contribution in [0.15, 0.2) is 42.6 Å². The van der Waals surface area contributed by atoms with Crippen molar-refractivity contribution in [3.8, 4) is 5.75 Å². The van der Waals surface area contributed by atoms with Gasteiger partial charge in [-0.25, -0.2) is 9.78 Å². The monoisotopic (exact) mass is 383 g/mol. The SMILES string of the molecule is COc1cccc(C(CNC(=O)Nc2cccnc2N2CCCC2)N(C)C)c1. The van der Waals surface area contributed by atoms with E-state index in [1.165, 1.54) is 0 Å². The summed E-state index contributed by atoms with van der Waals surface area (Å²) in [5.74, 6) is 1.64. The van der Waals surface area contributed by atoms with E-state index in [1.807, 2.05) is 50.5 Å². The molecule has 2 amide bonds. The molecule has 1 fully saturated rings. The van der Waals surface area contributed by atoms with Gasteiger partial charge in [0, 0.05) is 25.8 Å². The average Bonchev–Trinajstić information content (AvgIpc) is 3.23. The fraction of sp³-hybridized carbons (Fsp3) is 0.429. The van der Waals surface area contributed by atoms with Gasteiger partial charge >= 0.3 is 6.03 Å². The zero-order valence-corrected chi connectivity index (χ0v) is 16.8. The predicted molar refractivity (Wildman–Crippen MR) is 112 cm³/mol. The van der Waals surface area contributed by atoms with E-state index in [0.29, 0.717) is 6.54 Å². The number of ether oxygens (including phenoxy) is 1. The third-order valence-corrected chi connectivity index (χ3v) is 5.00. The second kappa shape index (κ2) is 9.41. The van der Waals surface area contributed by atoms with Gasteiger partial charge in [-0.05, 0) is 56.8 Å². The summed E-state index contributed by atoms with van der Waals surface area (Å²) in [6.07, 6.45) is 4.09. The first-order chi connectivity index (χ1) is 13.6. The van der Waals surface area contributed by atoms with Crippen LogP contribution < -0.4 is 20.3 Å². The maximum atomic E-state index is 12.5. The lowest BCUT2D eigenvalue weighted by Crippen LogP contribution is -2.37. The molecule has 0 aliphatic carbocycles. The Kier molecular flexibility index (Phi) is 6.71. The zero-order chi connectivity index (χ0) is 19.9. The van der Waals surface area contributed by atoms with Crippen molar-refractivity contribution in [2.24, 2.45) is 0 Å². The third kappa shape index (κ3) is 4.92. The number of anilines is 2. The van der Waals surface area contributed by atoms with Crippen LogP contribution in [-0.4, -0.2) is 56.8 Å². The Labute approximate surface area is 166 Å². The molecular formula is C21H29N5O2. The summed E-state index contributed by atoms with van der Waals surface area (Å²) in [5, 5.41) is 5.95. The molecule has 1 unspecified atom stereocenters. The van der Waals surface area contributed by atoms with Gasteiger partial charge in [0.05, 0.1) is 18.8 Å². The Morgan fingerprint density at radius 1 is 1.25 bits per heavy atom. The molecule has 0 bridgehead atoms. The normalized spacial score (nSPS) is 14.8. The first-order valence-corrected chi connectivity index (χ1v) is 9.63. The molecule has 1 aromatic heterocycles. The van der Waals surface area contributed by atoms with Gasteiger partial charge in [-0.1, -0.05) is 12.1 Å². The Balaban J connectivity index is 1.64. The van der Waals surface area contributed by atoms with E-state index in [2.05, 4.69) is 25.4 Å². The van der Waals surface area contributed by atoms with Crippen LogP contribution in [0.3, 0.4) is 0 Å². The molecule has 1 atom stereocenters. The van der Waals surface area contributed by atoms with E-state index in [9.17, 15) is 4.79 Å². The lowest BCUT2D eigenvalue weighted by Gasteiger charge is -2.26. The molecule has 1 aliphatic heterocycles. The molecule has 1 aromatic carbocycles. The fourth-order valence-electron chi connectivity index (χ4n) is 3.48. The summed E-state index contributed by atoms with van der Waals surface area (Å²) < 4.78 is 5.32. The molecule has 2 N–H and O–H groups in total. The maximum absolute atomic E-state index is 12.5. The van der Waals surface area contributed by atoms with Crippen molar-refractivity contribution < 1.29 is 9.53 Å².